The maximum atomic E-state index is 13.6. The number of carbonyl (C=O) groups excluding carboxylic acids is 3. The van der Waals surface area contributed by atoms with Crippen molar-refractivity contribution in [2.24, 2.45) is 27.9 Å². The van der Waals surface area contributed by atoms with Crippen molar-refractivity contribution < 1.29 is 29.4 Å². The number of phenolic OH excluding ortho intramolecular Hbond substituents is 1. The Morgan fingerprint density at radius 2 is 1.30 bits per heavy atom. The molecule has 2 aromatic carbocycles. The number of aromatic hydroxyl groups is 1. The largest absolute Gasteiger partial charge is 0.508 e. The zero-order valence-electron chi connectivity index (χ0n) is 24.7. The van der Waals surface area contributed by atoms with Gasteiger partial charge < -0.3 is 49.1 Å². The number of carboxylic acids is 1. The molecule has 0 aliphatic carbocycles. The van der Waals surface area contributed by atoms with Gasteiger partial charge in [0.1, 0.15) is 23.9 Å². The van der Waals surface area contributed by atoms with E-state index < -0.39 is 47.9 Å². The van der Waals surface area contributed by atoms with Crippen LogP contribution in [0.1, 0.15) is 43.2 Å². The lowest BCUT2D eigenvalue weighted by molar-refractivity contribution is -0.142. The number of guanidine groups is 1. The van der Waals surface area contributed by atoms with Crippen LogP contribution in [-0.4, -0.2) is 77.1 Å². The fourth-order valence-electron chi connectivity index (χ4n) is 4.36. The minimum atomic E-state index is -1.32. The Hall–Kier alpha value is -4.69. The van der Waals surface area contributed by atoms with E-state index in [2.05, 4.69) is 20.9 Å². The Balaban J connectivity index is 2.24. The first kappa shape index (κ1) is 35.5. The molecular formula is C30H44N8O6. The Kier molecular flexibility index (Phi) is 15.1. The fourth-order valence-corrected chi connectivity index (χ4v) is 4.36. The molecule has 0 saturated heterocycles. The summed E-state index contributed by atoms with van der Waals surface area (Å²) >= 11 is 0. The standard InChI is InChI=1S/C30H44N8O6/c31-15-5-4-9-22(32)26(40)37-24(17-19-7-2-1-3-8-19)28(42)36-23(10-6-16-35-30(33)34)27(41)38-25(29(43)44)18-20-11-13-21(39)14-12-20/h1-3,7-8,11-14,22-25,39H,4-6,9-10,15-18,31-32H2,(H,36,42)(H,37,40)(H,38,41)(H,43,44)(H4,33,34,35). The van der Waals surface area contributed by atoms with Gasteiger partial charge in [0.25, 0.3) is 0 Å². The predicted molar refractivity (Wildman–Crippen MR) is 166 cm³/mol. The minimum Gasteiger partial charge on any atom is -0.508 e. The number of hydrogen-bond acceptors (Lipinski definition) is 8. The SMILES string of the molecule is NCCCCC(N)C(=O)NC(Cc1ccccc1)C(=O)NC(CCCN=C(N)N)C(=O)NC(Cc1ccc(O)cc1)C(=O)O. The average Bonchev–Trinajstić information content (AvgIpc) is 2.99. The van der Waals surface area contributed by atoms with Crippen LogP contribution in [0, 0.1) is 0 Å². The number of rotatable bonds is 19. The van der Waals surface area contributed by atoms with Crippen LogP contribution in [0.4, 0.5) is 0 Å². The number of nitrogens with one attached hydrogen (secondary N) is 3. The number of aliphatic imine (C=N–C) groups is 1. The van der Waals surface area contributed by atoms with Crippen molar-refractivity contribution in [1.29, 1.82) is 0 Å². The second-order valence-electron chi connectivity index (χ2n) is 10.4. The van der Waals surface area contributed by atoms with Crippen LogP contribution in [0.2, 0.25) is 0 Å². The van der Waals surface area contributed by atoms with E-state index >= 15 is 0 Å². The van der Waals surface area contributed by atoms with Gasteiger partial charge in [0.2, 0.25) is 17.7 Å². The third-order valence-corrected chi connectivity index (χ3v) is 6.79. The summed E-state index contributed by atoms with van der Waals surface area (Å²) in [7, 11) is 0. The molecule has 4 atom stereocenters. The van der Waals surface area contributed by atoms with E-state index in [-0.39, 0.29) is 43.9 Å². The molecule has 0 aliphatic heterocycles. The highest BCUT2D eigenvalue weighted by Crippen LogP contribution is 2.12. The maximum Gasteiger partial charge on any atom is 0.326 e. The van der Waals surface area contributed by atoms with Crippen LogP contribution in [0.25, 0.3) is 0 Å². The number of hydrogen-bond donors (Lipinski definition) is 9. The summed E-state index contributed by atoms with van der Waals surface area (Å²) < 4.78 is 0. The van der Waals surface area contributed by atoms with E-state index in [1.165, 1.54) is 12.1 Å². The van der Waals surface area contributed by atoms with Crippen molar-refractivity contribution in [1.82, 2.24) is 16.0 Å². The highest BCUT2D eigenvalue weighted by atomic mass is 16.4. The smallest absolute Gasteiger partial charge is 0.326 e. The summed E-state index contributed by atoms with van der Waals surface area (Å²) in [4.78, 5) is 55.8. The van der Waals surface area contributed by atoms with E-state index in [4.69, 9.17) is 22.9 Å². The molecule has 0 bridgehead atoms. The van der Waals surface area contributed by atoms with Crippen LogP contribution in [0.5, 0.6) is 5.75 Å². The van der Waals surface area contributed by atoms with E-state index in [0.717, 1.165) is 5.56 Å². The van der Waals surface area contributed by atoms with Gasteiger partial charge in [0, 0.05) is 19.4 Å². The van der Waals surface area contributed by atoms with Gasteiger partial charge in [-0.05, 0) is 55.5 Å². The van der Waals surface area contributed by atoms with Gasteiger partial charge in [-0.1, -0.05) is 48.9 Å². The number of carboxylic acid groups (broad SMARTS) is 1. The van der Waals surface area contributed by atoms with Crippen LogP contribution >= 0.6 is 0 Å². The van der Waals surface area contributed by atoms with E-state index in [9.17, 15) is 29.4 Å². The lowest BCUT2D eigenvalue weighted by Gasteiger charge is -2.25. The van der Waals surface area contributed by atoms with Crippen molar-refractivity contribution in [2.45, 2.75) is 69.1 Å². The van der Waals surface area contributed by atoms with Crippen molar-refractivity contribution in [3.8, 4) is 5.75 Å². The monoisotopic (exact) mass is 612 g/mol. The summed E-state index contributed by atoms with van der Waals surface area (Å²) in [6, 6.07) is 10.5. The number of phenols is 1. The third-order valence-electron chi connectivity index (χ3n) is 6.79. The van der Waals surface area contributed by atoms with Crippen molar-refractivity contribution >= 4 is 29.7 Å². The topological polar surface area (TPSA) is 261 Å². The van der Waals surface area contributed by atoms with E-state index in [1.54, 1.807) is 36.4 Å². The van der Waals surface area contributed by atoms with Gasteiger partial charge in [0.15, 0.2) is 5.96 Å². The molecule has 0 radical (unpaired) electrons. The van der Waals surface area contributed by atoms with Gasteiger partial charge >= 0.3 is 5.97 Å². The van der Waals surface area contributed by atoms with Crippen molar-refractivity contribution in [3.63, 3.8) is 0 Å². The number of nitrogens with two attached hydrogens (primary N) is 4. The number of unbranched alkanes of at least 4 members (excludes halogenated alkanes) is 1. The van der Waals surface area contributed by atoms with Crippen LogP contribution < -0.4 is 38.9 Å². The van der Waals surface area contributed by atoms with Gasteiger partial charge in [-0.2, -0.15) is 0 Å². The number of aliphatic carboxylic acids is 1. The molecule has 44 heavy (non-hydrogen) atoms. The molecule has 0 aliphatic rings. The molecule has 3 amide bonds. The summed E-state index contributed by atoms with van der Waals surface area (Å²) in [5, 5.41) is 27.2. The molecule has 14 heteroatoms. The average molecular weight is 613 g/mol. The molecule has 13 N–H and O–H groups in total. The molecule has 0 fully saturated rings. The highest BCUT2D eigenvalue weighted by molar-refractivity contribution is 5.94. The lowest BCUT2D eigenvalue weighted by Crippen LogP contribution is -2.57. The molecule has 0 spiro atoms. The van der Waals surface area contributed by atoms with Crippen LogP contribution in [0.3, 0.4) is 0 Å². The first-order valence-corrected chi connectivity index (χ1v) is 14.5. The predicted octanol–water partition coefficient (Wildman–Crippen LogP) is -0.774. The molecule has 240 valence electrons. The first-order chi connectivity index (χ1) is 21.0. The van der Waals surface area contributed by atoms with Gasteiger partial charge in [-0.25, -0.2) is 4.79 Å². The number of carbonyl (C=O) groups is 4. The van der Waals surface area contributed by atoms with E-state index in [0.29, 0.717) is 31.4 Å². The lowest BCUT2D eigenvalue weighted by atomic mass is 10.0. The quantitative estimate of drug-likeness (QED) is 0.0543. The van der Waals surface area contributed by atoms with Crippen LogP contribution in [-0.2, 0) is 32.0 Å². The molecule has 4 unspecified atom stereocenters. The molecule has 14 nitrogen and oxygen atoms in total. The Bertz CT molecular complexity index is 1240. The zero-order chi connectivity index (χ0) is 32.5. The molecular weight excluding hydrogens is 568 g/mol. The van der Waals surface area contributed by atoms with E-state index in [1.807, 2.05) is 6.07 Å². The Morgan fingerprint density at radius 1 is 0.727 bits per heavy atom. The molecule has 0 saturated carbocycles. The number of benzene rings is 2. The molecule has 2 rings (SSSR count). The minimum absolute atomic E-state index is 0.0156. The summed E-state index contributed by atoms with van der Waals surface area (Å²) in [5.74, 6) is -3.31. The first-order valence-electron chi connectivity index (χ1n) is 14.5. The normalized spacial score (nSPS) is 13.5. The molecule has 2 aromatic rings. The van der Waals surface area contributed by atoms with Gasteiger partial charge in [-0.3, -0.25) is 19.4 Å². The summed E-state index contributed by atoms with van der Waals surface area (Å²) in [5.41, 5.74) is 23.7. The Morgan fingerprint density at radius 3 is 1.91 bits per heavy atom. The maximum absolute atomic E-state index is 13.6. The fraction of sp³-hybridized carbons (Fsp3) is 0.433. The molecule has 0 aromatic heterocycles. The van der Waals surface area contributed by atoms with Crippen molar-refractivity contribution in [3.05, 3.63) is 65.7 Å². The van der Waals surface area contributed by atoms with Crippen LogP contribution in [0.15, 0.2) is 59.6 Å². The highest BCUT2D eigenvalue weighted by Gasteiger charge is 2.30. The Labute approximate surface area is 256 Å². The summed E-state index contributed by atoms with van der Waals surface area (Å²) in [6.07, 6.45) is 2.15. The van der Waals surface area contributed by atoms with Gasteiger partial charge in [0.05, 0.1) is 6.04 Å². The molecule has 0 heterocycles. The number of amides is 3. The van der Waals surface area contributed by atoms with Crippen molar-refractivity contribution in [2.75, 3.05) is 13.1 Å². The zero-order valence-corrected chi connectivity index (χ0v) is 24.7. The summed E-state index contributed by atoms with van der Waals surface area (Å²) in [6.45, 7) is 0.636. The second-order valence-corrected chi connectivity index (χ2v) is 10.4. The second kappa shape index (κ2) is 18.8. The van der Waals surface area contributed by atoms with Gasteiger partial charge in [-0.15, -0.1) is 0 Å². The number of nitrogens with zero attached hydrogens (tertiary/aromatic N) is 1. The third kappa shape index (κ3) is 13.1.